The van der Waals surface area contributed by atoms with Gasteiger partial charge in [0.1, 0.15) is 0 Å². The minimum Gasteiger partial charge on any atom is -0.448 e. The van der Waals surface area contributed by atoms with Gasteiger partial charge in [0.15, 0.2) is 0 Å². The molecule has 0 aromatic rings. The van der Waals surface area contributed by atoms with Crippen LogP contribution in [0.25, 0.3) is 0 Å². The van der Waals surface area contributed by atoms with Crippen LogP contribution in [-0.2, 0) is 4.74 Å². The first-order valence-electron chi connectivity index (χ1n) is 8.90. The van der Waals surface area contributed by atoms with Crippen molar-refractivity contribution in [2.45, 2.75) is 79.1 Å². The van der Waals surface area contributed by atoms with Crippen LogP contribution in [0.2, 0.25) is 0 Å². The van der Waals surface area contributed by atoms with E-state index in [1.807, 2.05) is 5.01 Å². The third kappa shape index (κ3) is 9.72. The Labute approximate surface area is 131 Å². The Balaban J connectivity index is 4.62. The molecule has 4 heteroatoms. The third-order valence-electron chi connectivity index (χ3n) is 3.54. The fourth-order valence-electron chi connectivity index (χ4n) is 2.07. The predicted octanol–water partition coefficient (Wildman–Crippen LogP) is 4.84. The standard InChI is InChI=1S/C17H36N2O2/c1-5-9-13-18(14-10-6-2)19(15-11-7-3)17(20)21-16-12-8-4/h5-16H2,1-4H3. The molecule has 1 amide bonds. The number of hydrazine groups is 1. The van der Waals surface area contributed by atoms with Gasteiger partial charge in [-0.2, -0.15) is 0 Å². The molecular weight excluding hydrogens is 264 g/mol. The zero-order chi connectivity index (χ0) is 15.9. The second-order valence-electron chi connectivity index (χ2n) is 5.61. The van der Waals surface area contributed by atoms with E-state index in [-0.39, 0.29) is 6.09 Å². The van der Waals surface area contributed by atoms with Crippen molar-refractivity contribution in [2.24, 2.45) is 0 Å². The van der Waals surface area contributed by atoms with Crippen molar-refractivity contribution >= 4 is 6.09 Å². The van der Waals surface area contributed by atoms with Crippen molar-refractivity contribution in [3.8, 4) is 0 Å². The zero-order valence-corrected chi connectivity index (χ0v) is 14.7. The van der Waals surface area contributed by atoms with Gasteiger partial charge in [0, 0.05) is 19.6 Å². The highest BCUT2D eigenvalue weighted by atomic mass is 16.6. The lowest BCUT2D eigenvalue weighted by atomic mass is 10.3. The van der Waals surface area contributed by atoms with Gasteiger partial charge in [-0.1, -0.05) is 53.4 Å². The molecule has 0 aromatic carbocycles. The van der Waals surface area contributed by atoms with Crippen LogP contribution in [0.1, 0.15) is 79.1 Å². The summed E-state index contributed by atoms with van der Waals surface area (Å²) < 4.78 is 5.43. The Morgan fingerprint density at radius 1 is 0.762 bits per heavy atom. The van der Waals surface area contributed by atoms with Crippen molar-refractivity contribution in [3.05, 3.63) is 0 Å². The highest BCUT2D eigenvalue weighted by molar-refractivity contribution is 5.66. The summed E-state index contributed by atoms with van der Waals surface area (Å²) in [5, 5.41) is 4.06. The second-order valence-corrected chi connectivity index (χ2v) is 5.61. The maximum atomic E-state index is 12.4. The van der Waals surface area contributed by atoms with E-state index in [0.717, 1.165) is 71.0 Å². The smallest absolute Gasteiger partial charge is 0.424 e. The fourth-order valence-corrected chi connectivity index (χ4v) is 2.07. The van der Waals surface area contributed by atoms with Gasteiger partial charge in [-0.15, -0.1) is 0 Å². The molecule has 0 rings (SSSR count). The van der Waals surface area contributed by atoms with Crippen molar-refractivity contribution in [3.63, 3.8) is 0 Å². The third-order valence-corrected chi connectivity index (χ3v) is 3.54. The summed E-state index contributed by atoms with van der Waals surface area (Å²) in [6.07, 6.45) is 8.48. The van der Waals surface area contributed by atoms with Gasteiger partial charge in [-0.25, -0.2) is 14.8 Å². The number of nitrogens with zero attached hydrogens (tertiary/aromatic N) is 2. The van der Waals surface area contributed by atoms with Crippen LogP contribution in [0.3, 0.4) is 0 Å². The average molecular weight is 300 g/mol. The van der Waals surface area contributed by atoms with Crippen molar-refractivity contribution < 1.29 is 9.53 Å². The summed E-state index contributed by atoms with van der Waals surface area (Å²) >= 11 is 0. The summed E-state index contributed by atoms with van der Waals surface area (Å²) in [5.41, 5.74) is 0. The molecule has 0 saturated heterocycles. The molecule has 0 bridgehead atoms. The van der Waals surface area contributed by atoms with E-state index >= 15 is 0 Å². The molecule has 0 fully saturated rings. The van der Waals surface area contributed by atoms with Crippen LogP contribution >= 0.6 is 0 Å². The van der Waals surface area contributed by atoms with Gasteiger partial charge >= 0.3 is 6.09 Å². The minimum absolute atomic E-state index is 0.163. The lowest BCUT2D eigenvalue weighted by Gasteiger charge is -2.34. The summed E-state index contributed by atoms with van der Waals surface area (Å²) in [7, 11) is 0. The first-order valence-corrected chi connectivity index (χ1v) is 8.90. The van der Waals surface area contributed by atoms with E-state index in [0.29, 0.717) is 6.61 Å². The number of hydrogen-bond acceptors (Lipinski definition) is 3. The molecule has 0 N–H and O–H groups in total. The monoisotopic (exact) mass is 300 g/mol. The number of hydrogen-bond donors (Lipinski definition) is 0. The first-order chi connectivity index (χ1) is 10.2. The fraction of sp³-hybridized carbons (Fsp3) is 0.941. The van der Waals surface area contributed by atoms with Gasteiger partial charge in [0.05, 0.1) is 6.61 Å². The lowest BCUT2D eigenvalue weighted by molar-refractivity contribution is -0.0258. The Kier molecular flexibility index (Phi) is 13.7. The maximum Gasteiger partial charge on any atom is 0.424 e. The van der Waals surface area contributed by atoms with E-state index < -0.39 is 0 Å². The Hall–Kier alpha value is -0.770. The van der Waals surface area contributed by atoms with Crippen LogP contribution in [0.4, 0.5) is 4.79 Å². The van der Waals surface area contributed by atoms with E-state index in [1.165, 1.54) is 0 Å². The van der Waals surface area contributed by atoms with Gasteiger partial charge in [-0.3, -0.25) is 0 Å². The predicted molar refractivity (Wildman–Crippen MR) is 89.3 cm³/mol. The molecule has 0 spiro atoms. The molecule has 21 heavy (non-hydrogen) atoms. The van der Waals surface area contributed by atoms with E-state index in [2.05, 4.69) is 32.7 Å². The Bertz CT molecular complexity index is 239. The molecule has 0 heterocycles. The molecule has 0 radical (unpaired) electrons. The summed E-state index contributed by atoms with van der Waals surface area (Å²) in [5.74, 6) is 0. The average Bonchev–Trinajstić information content (AvgIpc) is 2.49. The molecule has 126 valence electrons. The van der Waals surface area contributed by atoms with Gasteiger partial charge < -0.3 is 4.74 Å². The molecule has 4 nitrogen and oxygen atoms in total. The molecule has 0 atom stereocenters. The second kappa shape index (κ2) is 14.2. The highest BCUT2D eigenvalue weighted by Crippen LogP contribution is 2.09. The van der Waals surface area contributed by atoms with Gasteiger partial charge in [0.25, 0.3) is 0 Å². The summed E-state index contributed by atoms with van der Waals surface area (Å²) in [4.78, 5) is 12.4. The SMILES string of the molecule is CCCCOC(=O)N(CCCC)N(CCCC)CCCC. The van der Waals surface area contributed by atoms with E-state index in [9.17, 15) is 4.79 Å². The van der Waals surface area contributed by atoms with Crippen molar-refractivity contribution in [1.82, 2.24) is 10.0 Å². The molecule has 0 aliphatic carbocycles. The molecule has 0 saturated carbocycles. The summed E-state index contributed by atoms with van der Waals surface area (Å²) in [6.45, 7) is 11.8. The van der Waals surface area contributed by atoms with Crippen LogP contribution in [0.15, 0.2) is 0 Å². The van der Waals surface area contributed by atoms with Crippen molar-refractivity contribution in [1.29, 1.82) is 0 Å². The van der Waals surface area contributed by atoms with Crippen LogP contribution in [0, 0.1) is 0 Å². The van der Waals surface area contributed by atoms with Crippen LogP contribution in [0.5, 0.6) is 0 Å². The number of rotatable bonds is 13. The van der Waals surface area contributed by atoms with E-state index in [1.54, 1.807) is 0 Å². The normalized spacial score (nSPS) is 10.9. The van der Waals surface area contributed by atoms with Gasteiger partial charge in [0.2, 0.25) is 0 Å². The number of unbranched alkanes of at least 4 members (excludes halogenated alkanes) is 4. The largest absolute Gasteiger partial charge is 0.448 e. The zero-order valence-electron chi connectivity index (χ0n) is 14.7. The number of ether oxygens (including phenoxy) is 1. The first kappa shape index (κ1) is 20.2. The molecule has 0 aliphatic rings. The Morgan fingerprint density at radius 3 is 1.71 bits per heavy atom. The summed E-state index contributed by atoms with van der Waals surface area (Å²) in [6, 6.07) is 0. The molecule has 0 aliphatic heterocycles. The molecule has 0 unspecified atom stereocenters. The highest BCUT2D eigenvalue weighted by Gasteiger charge is 2.21. The number of carbonyl (C=O) groups is 1. The van der Waals surface area contributed by atoms with Crippen LogP contribution in [-0.4, -0.2) is 42.4 Å². The maximum absolute atomic E-state index is 12.4. The van der Waals surface area contributed by atoms with E-state index in [4.69, 9.17) is 4.74 Å². The number of amides is 1. The lowest BCUT2D eigenvalue weighted by Crippen LogP contribution is -2.48. The van der Waals surface area contributed by atoms with Crippen LogP contribution < -0.4 is 0 Å². The number of carbonyl (C=O) groups excluding carboxylic acids is 1. The topological polar surface area (TPSA) is 32.8 Å². The molecule has 0 aromatic heterocycles. The molecular formula is C17H36N2O2. The van der Waals surface area contributed by atoms with Crippen molar-refractivity contribution in [2.75, 3.05) is 26.2 Å². The quantitative estimate of drug-likeness (QED) is 0.360. The Morgan fingerprint density at radius 2 is 1.24 bits per heavy atom. The van der Waals surface area contributed by atoms with Gasteiger partial charge in [-0.05, 0) is 25.7 Å². The minimum atomic E-state index is -0.163.